The van der Waals surface area contributed by atoms with Crippen LogP contribution in [0.25, 0.3) is 10.8 Å². The minimum Gasteiger partial charge on any atom is -0.472 e. The van der Waals surface area contributed by atoms with Gasteiger partial charge in [-0.05, 0) is 76.9 Å². The molecule has 3 fully saturated rings. The number of ether oxygens (including phenoxy) is 2. The Bertz CT molecular complexity index is 1750. The van der Waals surface area contributed by atoms with Gasteiger partial charge in [-0.15, -0.1) is 0 Å². The second-order valence-corrected chi connectivity index (χ2v) is 16.2. The summed E-state index contributed by atoms with van der Waals surface area (Å²) < 4.78 is 39.5. The second-order valence-electron chi connectivity index (χ2n) is 14.2. The summed E-state index contributed by atoms with van der Waals surface area (Å²) in [6.45, 7) is 5.75. The van der Waals surface area contributed by atoms with E-state index in [1.165, 1.54) is 4.90 Å². The van der Waals surface area contributed by atoms with Crippen molar-refractivity contribution in [2.75, 3.05) is 19.6 Å². The van der Waals surface area contributed by atoms with E-state index in [9.17, 15) is 27.6 Å². The van der Waals surface area contributed by atoms with Gasteiger partial charge >= 0.3 is 6.09 Å². The van der Waals surface area contributed by atoms with Crippen molar-refractivity contribution in [1.29, 1.82) is 0 Å². The molecule has 1 saturated heterocycles. The Morgan fingerprint density at radius 2 is 1.90 bits per heavy atom. The SMILES string of the molecule is CC(C)(C)OC(=O)N[C@H]1CNCCC/C=C\[C@@H]2C[C@@]2(C(=O)NS(=O)(=O)C2CC2)NC(=O)[C@@H]2C[C@@H](Oc3nccc4ccccc34)CN2C1=O. The maximum Gasteiger partial charge on any atom is 0.408 e. The molecule has 1 aromatic heterocycles. The molecule has 49 heavy (non-hydrogen) atoms. The fourth-order valence-electron chi connectivity index (χ4n) is 6.39. The Labute approximate surface area is 285 Å². The predicted molar refractivity (Wildman–Crippen MR) is 180 cm³/mol. The molecule has 264 valence electrons. The number of alkyl carbamates (subject to hydrolysis) is 1. The van der Waals surface area contributed by atoms with Gasteiger partial charge in [-0.2, -0.15) is 0 Å². The van der Waals surface area contributed by atoms with Crippen molar-refractivity contribution in [3.05, 3.63) is 48.7 Å². The van der Waals surface area contributed by atoms with E-state index in [0.717, 1.165) is 10.8 Å². The normalized spacial score (nSPS) is 28.6. The van der Waals surface area contributed by atoms with Gasteiger partial charge in [0.15, 0.2) is 0 Å². The van der Waals surface area contributed by atoms with E-state index in [2.05, 4.69) is 25.7 Å². The third-order valence-electron chi connectivity index (χ3n) is 9.16. The number of sulfonamides is 1. The number of benzene rings is 1. The summed E-state index contributed by atoms with van der Waals surface area (Å²) in [6, 6.07) is 7.22. The lowest BCUT2D eigenvalue weighted by molar-refractivity contribution is -0.141. The Hall–Kier alpha value is -4.24. The molecule has 0 spiro atoms. The molecule has 2 saturated carbocycles. The molecule has 14 nitrogen and oxygen atoms in total. The van der Waals surface area contributed by atoms with Gasteiger partial charge in [0.25, 0.3) is 5.91 Å². The molecule has 2 aliphatic heterocycles. The van der Waals surface area contributed by atoms with Gasteiger partial charge in [0.05, 0.1) is 11.8 Å². The van der Waals surface area contributed by atoms with E-state index in [1.807, 2.05) is 42.5 Å². The van der Waals surface area contributed by atoms with Crippen LogP contribution in [0, 0.1) is 5.92 Å². The minimum absolute atomic E-state index is 0.00704. The van der Waals surface area contributed by atoms with E-state index in [1.54, 1.807) is 27.0 Å². The zero-order valence-corrected chi connectivity index (χ0v) is 28.8. The molecule has 15 heteroatoms. The highest BCUT2D eigenvalue weighted by Gasteiger charge is 2.62. The fraction of sp³-hybridized carbons (Fsp3) is 0.559. The fourth-order valence-corrected chi connectivity index (χ4v) is 7.75. The molecule has 4 N–H and O–H groups in total. The monoisotopic (exact) mass is 696 g/mol. The Kier molecular flexibility index (Phi) is 9.59. The van der Waals surface area contributed by atoms with Crippen molar-refractivity contribution in [1.82, 2.24) is 30.6 Å². The Morgan fingerprint density at radius 1 is 1.12 bits per heavy atom. The zero-order valence-electron chi connectivity index (χ0n) is 27.9. The number of nitrogens with one attached hydrogen (secondary N) is 4. The number of rotatable bonds is 6. The number of amides is 4. The van der Waals surface area contributed by atoms with Gasteiger partial charge in [0.1, 0.15) is 29.3 Å². The van der Waals surface area contributed by atoms with Crippen LogP contribution in [0.4, 0.5) is 4.79 Å². The molecule has 0 radical (unpaired) electrons. The first kappa shape index (κ1) is 34.6. The van der Waals surface area contributed by atoms with Crippen LogP contribution in [0.1, 0.15) is 59.3 Å². The van der Waals surface area contributed by atoms with Crippen molar-refractivity contribution in [3.63, 3.8) is 0 Å². The van der Waals surface area contributed by atoms with Crippen molar-refractivity contribution in [2.24, 2.45) is 5.92 Å². The highest BCUT2D eigenvalue weighted by molar-refractivity contribution is 7.91. The summed E-state index contributed by atoms with van der Waals surface area (Å²) in [5.74, 6) is -2.04. The van der Waals surface area contributed by atoms with Crippen LogP contribution in [0.3, 0.4) is 0 Å². The zero-order chi connectivity index (χ0) is 35.0. The topological polar surface area (TPSA) is 185 Å². The number of nitrogens with zero attached hydrogens (tertiary/aromatic N) is 2. The molecule has 4 aliphatic rings. The van der Waals surface area contributed by atoms with Gasteiger partial charge in [-0.3, -0.25) is 19.1 Å². The highest BCUT2D eigenvalue weighted by atomic mass is 32.2. The van der Waals surface area contributed by atoms with Crippen LogP contribution in [0.5, 0.6) is 5.88 Å². The van der Waals surface area contributed by atoms with E-state index in [-0.39, 0.29) is 25.9 Å². The van der Waals surface area contributed by atoms with Crippen LogP contribution in [0.15, 0.2) is 48.7 Å². The van der Waals surface area contributed by atoms with Crippen molar-refractivity contribution < 1.29 is 37.1 Å². The molecule has 3 heterocycles. The average molecular weight is 697 g/mol. The summed E-state index contributed by atoms with van der Waals surface area (Å²) >= 11 is 0. The van der Waals surface area contributed by atoms with Gasteiger partial charge in [0, 0.05) is 30.5 Å². The molecule has 2 aliphatic carbocycles. The highest BCUT2D eigenvalue weighted by Crippen LogP contribution is 2.46. The minimum atomic E-state index is -3.88. The number of allylic oxidation sites excluding steroid dienone is 1. The number of carbonyl (C=O) groups excluding carboxylic acids is 4. The van der Waals surface area contributed by atoms with E-state index >= 15 is 0 Å². The van der Waals surface area contributed by atoms with Crippen LogP contribution in [0.2, 0.25) is 0 Å². The van der Waals surface area contributed by atoms with Crippen molar-refractivity contribution in [3.8, 4) is 5.88 Å². The predicted octanol–water partition coefficient (Wildman–Crippen LogP) is 1.90. The molecule has 0 unspecified atom stereocenters. The van der Waals surface area contributed by atoms with Crippen LogP contribution < -0.4 is 25.4 Å². The van der Waals surface area contributed by atoms with Crippen molar-refractivity contribution >= 4 is 44.6 Å². The second kappa shape index (κ2) is 13.6. The largest absolute Gasteiger partial charge is 0.472 e. The molecule has 5 atom stereocenters. The summed E-state index contributed by atoms with van der Waals surface area (Å²) in [6.07, 6.45) is 6.48. The maximum atomic E-state index is 14.3. The molecule has 4 amide bonds. The lowest BCUT2D eigenvalue weighted by Gasteiger charge is -2.30. The van der Waals surface area contributed by atoms with Crippen LogP contribution >= 0.6 is 0 Å². The van der Waals surface area contributed by atoms with Gasteiger partial charge < -0.3 is 30.3 Å². The summed E-state index contributed by atoms with van der Waals surface area (Å²) in [7, 11) is -3.88. The molecular formula is C34H44N6O8S. The maximum absolute atomic E-state index is 14.3. The van der Waals surface area contributed by atoms with Gasteiger partial charge in [-0.25, -0.2) is 18.2 Å². The molecule has 1 aromatic carbocycles. The number of carbonyl (C=O) groups is 4. The lowest BCUT2D eigenvalue weighted by atomic mass is 10.1. The molecule has 6 rings (SSSR count). The summed E-state index contributed by atoms with van der Waals surface area (Å²) in [4.78, 5) is 60.7. The Balaban J connectivity index is 1.30. The standard InChI is InChI=1S/C34H44N6O8S/c1-33(2,3)48-32(44)37-26-19-35-15-8-4-5-10-22-18-34(22,31(43)39-49(45,46)24-12-13-24)38-28(41)27-17-23(20-40(27)30(26)42)47-29-25-11-7-6-9-21(25)14-16-36-29/h5-7,9-11,14,16,22-24,26-27,35H,4,8,12-13,15,17-20H2,1-3H3,(H,37,44)(H,38,41)(H,39,43)/b10-5-/t22-,23-,26+,27+,34-/m1/s1. The van der Waals surface area contributed by atoms with E-state index in [4.69, 9.17) is 9.47 Å². The number of fused-ring (bicyclic) bond motifs is 3. The number of aromatic nitrogens is 1. The summed E-state index contributed by atoms with van der Waals surface area (Å²) in [5, 5.41) is 9.81. The third-order valence-corrected chi connectivity index (χ3v) is 11.0. The third kappa shape index (κ3) is 7.99. The van der Waals surface area contributed by atoms with Crippen LogP contribution in [-0.2, 0) is 29.1 Å². The lowest BCUT2D eigenvalue weighted by Crippen LogP contribution is -2.59. The van der Waals surface area contributed by atoms with Crippen LogP contribution in [-0.4, -0.2) is 96.3 Å². The number of pyridine rings is 1. The smallest absolute Gasteiger partial charge is 0.408 e. The Morgan fingerprint density at radius 3 is 2.65 bits per heavy atom. The first-order chi connectivity index (χ1) is 23.3. The molecular weight excluding hydrogens is 652 g/mol. The number of hydrogen-bond acceptors (Lipinski definition) is 10. The molecule has 0 bridgehead atoms. The van der Waals surface area contributed by atoms with Crippen molar-refractivity contribution in [2.45, 2.75) is 93.9 Å². The van der Waals surface area contributed by atoms with Gasteiger partial charge in [0.2, 0.25) is 27.7 Å². The first-order valence-electron chi connectivity index (χ1n) is 16.8. The quantitative estimate of drug-likeness (QED) is 0.325. The first-order valence-corrected chi connectivity index (χ1v) is 18.4. The summed E-state index contributed by atoms with van der Waals surface area (Å²) in [5.41, 5.74) is -2.30. The average Bonchev–Trinajstić information content (AvgIpc) is 3.96. The van der Waals surface area contributed by atoms with E-state index < -0.39 is 74.3 Å². The van der Waals surface area contributed by atoms with E-state index in [0.29, 0.717) is 38.1 Å². The number of hydrogen-bond donors (Lipinski definition) is 4. The molecule has 2 aromatic rings. The van der Waals surface area contributed by atoms with Gasteiger partial charge in [-0.1, -0.05) is 30.4 Å².